The molecule has 0 bridgehead atoms. The molecule has 2 atom stereocenters. The third kappa shape index (κ3) is 2.10. The van der Waals surface area contributed by atoms with Crippen LogP contribution in [0.25, 0.3) is 0 Å². The van der Waals surface area contributed by atoms with E-state index >= 15 is 0 Å². The van der Waals surface area contributed by atoms with Crippen LogP contribution < -0.4 is 0 Å². The molecule has 2 rings (SSSR count). The van der Waals surface area contributed by atoms with Crippen LogP contribution in [-0.4, -0.2) is 24.3 Å². The third-order valence-corrected chi connectivity index (χ3v) is 3.94. The van der Waals surface area contributed by atoms with E-state index in [1.54, 1.807) is 0 Å². The summed E-state index contributed by atoms with van der Waals surface area (Å²) in [6.45, 7) is 3.44. The summed E-state index contributed by atoms with van der Waals surface area (Å²) >= 11 is 0. The Morgan fingerprint density at radius 1 is 1.36 bits per heavy atom. The van der Waals surface area contributed by atoms with Crippen LogP contribution in [0.3, 0.4) is 0 Å². The Morgan fingerprint density at radius 2 is 1.93 bits per heavy atom. The second kappa shape index (κ2) is 3.92. The molecule has 1 N–H and O–H groups in total. The minimum absolute atomic E-state index is 0.578. The lowest BCUT2D eigenvalue weighted by Crippen LogP contribution is -2.33. The first-order chi connectivity index (χ1) is 6.68. The normalized spacial score (nSPS) is 31.9. The first-order valence-electron chi connectivity index (χ1n) is 5.98. The maximum absolute atomic E-state index is 8.10. The van der Waals surface area contributed by atoms with E-state index < -0.39 is 0 Å². The molecule has 0 saturated heterocycles. The Morgan fingerprint density at radius 3 is 2.43 bits per heavy atom. The van der Waals surface area contributed by atoms with Crippen LogP contribution in [0.2, 0.25) is 0 Å². The summed E-state index contributed by atoms with van der Waals surface area (Å²) in [5, 5.41) is 8.10. The molecule has 0 amide bonds. The highest BCUT2D eigenvalue weighted by Crippen LogP contribution is 2.38. The largest absolute Gasteiger partial charge is 0.363 e. The Labute approximate surface area is 87.2 Å². The van der Waals surface area contributed by atoms with Crippen LogP contribution in [0.1, 0.15) is 39.0 Å². The summed E-state index contributed by atoms with van der Waals surface area (Å²) in [7, 11) is 2.10. The highest BCUT2D eigenvalue weighted by Gasteiger charge is 2.34. The zero-order chi connectivity index (χ0) is 10.1. The van der Waals surface area contributed by atoms with E-state index in [0.717, 1.165) is 24.2 Å². The first kappa shape index (κ1) is 10.0. The summed E-state index contributed by atoms with van der Waals surface area (Å²) < 4.78 is 0. The Balaban J connectivity index is 1.78. The van der Waals surface area contributed by atoms with Crippen LogP contribution in [-0.2, 0) is 0 Å². The van der Waals surface area contributed by atoms with Gasteiger partial charge in [-0.1, -0.05) is 19.8 Å². The number of nitrogens with one attached hydrogen (secondary N) is 1. The average Bonchev–Trinajstić information content (AvgIpc) is 2.72. The van der Waals surface area contributed by atoms with Gasteiger partial charge in [0, 0.05) is 19.5 Å². The molecule has 0 aromatic heterocycles. The molecule has 0 heterocycles. The molecule has 2 aliphatic carbocycles. The molecule has 0 aromatic rings. The molecule has 0 spiro atoms. The van der Waals surface area contributed by atoms with E-state index in [1.807, 2.05) is 0 Å². The minimum Gasteiger partial charge on any atom is -0.363 e. The van der Waals surface area contributed by atoms with Crippen molar-refractivity contribution < 1.29 is 0 Å². The van der Waals surface area contributed by atoms with Gasteiger partial charge in [0.25, 0.3) is 0 Å². The van der Waals surface area contributed by atoms with E-state index in [9.17, 15) is 0 Å². The Bertz CT molecular complexity index is 218. The van der Waals surface area contributed by atoms with Crippen LogP contribution in [0.4, 0.5) is 0 Å². The van der Waals surface area contributed by atoms with Crippen molar-refractivity contribution in [1.29, 1.82) is 5.41 Å². The van der Waals surface area contributed by atoms with E-state index in [2.05, 4.69) is 18.9 Å². The molecular formula is C12H22N2. The SMILES string of the molecule is CC1CC1CN(C)C(=N)C1CCCC1. The third-order valence-electron chi connectivity index (χ3n) is 3.94. The zero-order valence-corrected chi connectivity index (χ0v) is 9.42. The summed E-state index contributed by atoms with van der Waals surface area (Å²) in [6.07, 6.45) is 6.55. The van der Waals surface area contributed by atoms with Crippen LogP contribution >= 0.6 is 0 Å². The fraction of sp³-hybridized carbons (Fsp3) is 0.917. The lowest BCUT2D eigenvalue weighted by atomic mass is 10.1. The molecule has 14 heavy (non-hydrogen) atoms. The molecule has 2 aliphatic rings. The van der Waals surface area contributed by atoms with Gasteiger partial charge in [-0.15, -0.1) is 0 Å². The van der Waals surface area contributed by atoms with Crippen molar-refractivity contribution >= 4 is 5.84 Å². The standard InChI is InChI=1S/C12H22N2/c1-9-7-11(9)8-14(2)12(13)10-5-3-4-6-10/h9-11,13H,3-8H2,1-2H3. The molecule has 0 aliphatic heterocycles. The van der Waals surface area contributed by atoms with Crippen LogP contribution in [0.5, 0.6) is 0 Å². The van der Waals surface area contributed by atoms with Gasteiger partial charge >= 0.3 is 0 Å². The Hall–Kier alpha value is -0.530. The fourth-order valence-electron chi connectivity index (χ4n) is 2.61. The van der Waals surface area contributed by atoms with Gasteiger partial charge in [0.1, 0.15) is 0 Å². The predicted octanol–water partition coefficient (Wildman–Crippen LogP) is 2.74. The zero-order valence-electron chi connectivity index (χ0n) is 9.42. The number of hydrogen-bond donors (Lipinski definition) is 1. The summed E-state index contributed by atoms with van der Waals surface area (Å²) in [5.41, 5.74) is 0. The molecule has 2 unspecified atom stereocenters. The van der Waals surface area contributed by atoms with Crippen molar-refractivity contribution in [3.05, 3.63) is 0 Å². The molecule has 2 saturated carbocycles. The van der Waals surface area contributed by atoms with Crippen LogP contribution in [0.15, 0.2) is 0 Å². The van der Waals surface area contributed by atoms with Crippen molar-refractivity contribution in [2.45, 2.75) is 39.0 Å². The fourth-order valence-corrected chi connectivity index (χ4v) is 2.61. The lowest BCUT2D eigenvalue weighted by Gasteiger charge is -2.24. The highest BCUT2D eigenvalue weighted by molar-refractivity contribution is 5.81. The van der Waals surface area contributed by atoms with Gasteiger partial charge in [0.15, 0.2) is 0 Å². The molecule has 80 valence electrons. The molecule has 0 radical (unpaired) electrons. The predicted molar refractivity (Wildman–Crippen MR) is 59.6 cm³/mol. The maximum Gasteiger partial charge on any atom is 0.0986 e. The van der Waals surface area contributed by atoms with Gasteiger partial charge in [-0.2, -0.15) is 0 Å². The average molecular weight is 194 g/mol. The van der Waals surface area contributed by atoms with Gasteiger partial charge in [0.05, 0.1) is 5.84 Å². The second-order valence-corrected chi connectivity index (χ2v) is 5.22. The van der Waals surface area contributed by atoms with Crippen LogP contribution in [0, 0.1) is 23.2 Å². The van der Waals surface area contributed by atoms with Crippen molar-refractivity contribution in [3.63, 3.8) is 0 Å². The number of nitrogens with zero attached hydrogens (tertiary/aromatic N) is 1. The van der Waals surface area contributed by atoms with Crippen molar-refractivity contribution in [1.82, 2.24) is 4.90 Å². The van der Waals surface area contributed by atoms with Gasteiger partial charge in [0.2, 0.25) is 0 Å². The summed E-state index contributed by atoms with van der Waals surface area (Å²) in [4.78, 5) is 2.20. The molecule has 2 heteroatoms. The van der Waals surface area contributed by atoms with E-state index in [0.29, 0.717) is 5.92 Å². The smallest absolute Gasteiger partial charge is 0.0986 e. The molecule has 2 nitrogen and oxygen atoms in total. The summed E-state index contributed by atoms with van der Waals surface area (Å²) in [6, 6.07) is 0. The van der Waals surface area contributed by atoms with Gasteiger partial charge in [-0.25, -0.2) is 0 Å². The molecule has 0 aromatic carbocycles. The number of rotatable bonds is 3. The lowest BCUT2D eigenvalue weighted by molar-refractivity contribution is 0.429. The van der Waals surface area contributed by atoms with E-state index in [-0.39, 0.29) is 0 Å². The second-order valence-electron chi connectivity index (χ2n) is 5.22. The minimum atomic E-state index is 0.578. The number of hydrogen-bond acceptors (Lipinski definition) is 1. The van der Waals surface area contributed by atoms with Gasteiger partial charge < -0.3 is 4.90 Å². The molecule has 2 fully saturated rings. The monoisotopic (exact) mass is 194 g/mol. The van der Waals surface area contributed by atoms with Crippen molar-refractivity contribution in [2.75, 3.05) is 13.6 Å². The summed E-state index contributed by atoms with van der Waals surface area (Å²) in [5.74, 6) is 3.27. The Kier molecular flexibility index (Phi) is 2.80. The highest BCUT2D eigenvalue weighted by atomic mass is 15.1. The topological polar surface area (TPSA) is 27.1 Å². The maximum atomic E-state index is 8.10. The van der Waals surface area contributed by atoms with E-state index in [1.165, 1.54) is 32.1 Å². The van der Waals surface area contributed by atoms with E-state index in [4.69, 9.17) is 5.41 Å². The van der Waals surface area contributed by atoms with Gasteiger partial charge in [-0.3, -0.25) is 5.41 Å². The van der Waals surface area contributed by atoms with Gasteiger partial charge in [-0.05, 0) is 31.1 Å². The first-order valence-corrected chi connectivity index (χ1v) is 5.98. The van der Waals surface area contributed by atoms with Crippen molar-refractivity contribution in [3.8, 4) is 0 Å². The quantitative estimate of drug-likeness (QED) is 0.543. The number of amidine groups is 1. The van der Waals surface area contributed by atoms with Crippen molar-refractivity contribution in [2.24, 2.45) is 17.8 Å². The molecular weight excluding hydrogens is 172 g/mol.